The summed E-state index contributed by atoms with van der Waals surface area (Å²) in [7, 11) is 3.06. The predicted molar refractivity (Wildman–Crippen MR) is 75.8 cm³/mol. The highest BCUT2D eigenvalue weighted by Gasteiger charge is 2.15. The molecule has 0 aliphatic rings. The molecular weight excluding hydrogens is 280 g/mol. The summed E-state index contributed by atoms with van der Waals surface area (Å²) in [6, 6.07) is 1.84. The molecule has 0 aromatic heterocycles. The van der Waals surface area contributed by atoms with Gasteiger partial charge in [0.2, 0.25) is 0 Å². The number of benzene rings is 1. The molecular formula is C13H20N2O6. The highest BCUT2D eigenvalue weighted by atomic mass is 16.5. The fraction of sp³-hybridized carbons (Fsp3) is 0.462. The van der Waals surface area contributed by atoms with E-state index < -0.39 is 23.3 Å². The average Bonchev–Trinajstić information content (AvgIpc) is 2.44. The Labute approximate surface area is 122 Å². The van der Waals surface area contributed by atoms with Crippen LogP contribution >= 0.6 is 0 Å². The van der Waals surface area contributed by atoms with Gasteiger partial charge < -0.3 is 35.0 Å². The number of ether oxygens (including phenoxy) is 2. The van der Waals surface area contributed by atoms with Crippen LogP contribution in [-0.4, -0.2) is 66.8 Å². The number of amides is 2. The molecule has 0 fully saturated rings. The number of rotatable bonds is 7. The monoisotopic (exact) mass is 300 g/mol. The fourth-order valence-corrected chi connectivity index (χ4v) is 1.60. The van der Waals surface area contributed by atoms with Crippen LogP contribution in [0, 0.1) is 0 Å². The number of urea groups is 1. The van der Waals surface area contributed by atoms with Gasteiger partial charge in [-0.3, -0.25) is 0 Å². The first-order valence-electron chi connectivity index (χ1n) is 6.28. The van der Waals surface area contributed by atoms with Gasteiger partial charge in [-0.25, -0.2) is 4.79 Å². The molecule has 0 radical (unpaired) electrons. The molecule has 0 saturated carbocycles. The van der Waals surface area contributed by atoms with Crippen LogP contribution in [0.2, 0.25) is 0 Å². The first-order valence-corrected chi connectivity index (χ1v) is 6.28. The lowest BCUT2D eigenvalue weighted by Crippen LogP contribution is -2.39. The molecule has 1 aromatic carbocycles. The quantitative estimate of drug-likeness (QED) is 0.440. The highest BCUT2D eigenvalue weighted by Crippen LogP contribution is 2.37. The van der Waals surface area contributed by atoms with Crippen molar-refractivity contribution in [3.8, 4) is 17.2 Å². The summed E-state index contributed by atoms with van der Waals surface area (Å²) in [5.41, 5.74) is 0.160. The van der Waals surface area contributed by atoms with Gasteiger partial charge in [0.25, 0.3) is 0 Å². The maximum atomic E-state index is 12.1. The number of aromatic hydroxyl groups is 3. The van der Waals surface area contributed by atoms with Crippen molar-refractivity contribution in [2.45, 2.75) is 0 Å². The SMILES string of the molecule is COCCN(CCOC)C(=O)Nc1cc(O)c(O)c(O)c1. The zero-order chi connectivity index (χ0) is 15.8. The third-order valence-corrected chi connectivity index (χ3v) is 2.74. The minimum Gasteiger partial charge on any atom is -0.504 e. The maximum Gasteiger partial charge on any atom is 0.322 e. The molecule has 1 rings (SSSR count). The van der Waals surface area contributed by atoms with Crippen LogP contribution in [-0.2, 0) is 9.47 Å². The topological polar surface area (TPSA) is 111 Å². The Morgan fingerprint density at radius 2 is 1.57 bits per heavy atom. The van der Waals surface area contributed by atoms with Gasteiger partial charge in [0, 0.05) is 39.4 Å². The van der Waals surface area contributed by atoms with E-state index in [4.69, 9.17) is 9.47 Å². The molecule has 0 bridgehead atoms. The van der Waals surface area contributed by atoms with E-state index in [0.717, 1.165) is 12.1 Å². The van der Waals surface area contributed by atoms with E-state index in [1.165, 1.54) is 19.1 Å². The lowest BCUT2D eigenvalue weighted by Gasteiger charge is -2.22. The van der Waals surface area contributed by atoms with Crippen molar-refractivity contribution in [2.24, 2.45) is 0 Å². The molecule has 0 heterocycles. The molecule has 0 atom stereocenters. The lowest BCUT2D eigenvalue weighted by molar-refractivity contribution is 0.127. The Morgan fingerprint density at radius 3 is 2.00 bits per heavy atom. The summed E-state index contributed by atoms with van der Waals surface area (Å²) in [6.45, 7) is 1.45. The van der Waals surface area contributed by atoms with Gasteiger partial charge in [-0.2, -0.15) is 0 Å². The number of methoxy groups -OCH3 is 2. The van der Waals surface area contributed by atoms with Gasteiger partial charge in [0.15, 0.2) is 17.2 Å². The number of nitrogens with one attached hydrogen (secondary N) is 1. The molecule has 21 heavy (non-hydrogen) atoms. The van der Waals surface area contributed by atoms with E-state index >= 15 is 0 Å². The molecule has 8 heteroatoms. The number of carbonyl (C=O) groups excluding carboxylic acids is 1. The summed E-state index contributed by atoms with van der Waals surface area (Å²) in [4.78, 5) is 13.6. The Balaban J connectivity index is 2.75. The van der Waals surface area contributed by atoms with Gasteiger partial charge in [-0.15, -0.1) is 0 Å². The molecule has 2 amide bonds. The minimum atomic E-state index is -0.636. The van der Waals surface area contributed by atoms with Crippen LogP contribution < -0.4 is 5.32 Å². The first kappa shape index (κ1) is 16.9. The van der Waals surface area contributed by atoms with Crippen molar-refractivity contribution in [3.05, 3.63) is 12.1 Å². The van der Waals surface area contributed by atoms with Crippen LogP contribution in [0.4, 0.5) is 10.5 Å². The second-order valence-electron chi connectivity index (χ2n) is 4.27. The third-order valence-electron chi connectivity index (χ3n) is 2.74. The number of hydrogen-bond acceptors (Lipinski definition) is 6. The summed E-state index contributed by atoms with van der Waals surface area (Å²) in [5, 5.41) is 30.6. The number of phenols is 3. The van der Waals surface area contributed by atoms with Crippen molar-refractivity contribution in [1.29, 1.82) is 0 Å². The smallest absolute Gasteiger partial charge is 0.322 e. The number of phenolic OH excluding ortho intramolecular Hbond substituents is 3. The molecule has 0 aliphatic carbocycles. The molecule has 0 spiro atoms. The minimum absolute atomic E-state index is 0.160. The van der Waals surface area contributed by atoms with Crippen molar-refractivity contribution in [1.82, 2.24) is 4.90 Å². The summed E-state index contributed by atoms with van der Waals surface area (Å²) in [6.07, 6.45) is 0. The second-order valence-corrected chi connectivity index (χ2v) is 4.27. The Morgan fingerprint density at radius 1 is 1.10 bits per heavy atom. The molecule has 4 N–H and O–H groups in total. The lowest BCUT2D eigenvalue weighted by atomic mass is 10.2. The van der Waals surface area contributed by atoms with E-state index in [1.807, 2.05) is 0 Å². The maximum absolute atomic E-state index is 12.1. The summed E-state index contributed by atoms with van der Waals surface area (Å²) < 4.78 is 9.86. The van der Waals surface area contributed by atoms with Crippen LogP contribution in [0.5, 0.6) is 17.2 Å². The number of nitrogens with zero attached hydrogens (tertiary/aromatic N) is 1. The van der Waals surface area contributed by atoms with E-state index in [-0.39, 0.29) is 5.69 Å². The number of carbonyl (C=O) groups is 1. The molecule has 0 unspecified atom stereocenters. The van der Waals surface area contributed by atoms with Crippen LogP contribution in [0.1, 0.15) is 0 Å². The summed E-state index contributed by atoms with van der Waals surface area (Å²) >= 11 is 0. The summed E-state index contributed by atoms with van der Waals surface area (Å²) in [5.74, 6) is -1.68. The molecule has 0 aliphatic heterocycles. The van der Waals surface area contributed by atoms with Crippen LogP contribution in [0.3, 0.4) is 0 Å². The predicted octanol–water partition coefficient (Wildman–Crippen LogP) is 0.930. The van der Waals surface area contributed by atoms with Crippen molar-refractivity contribution in [3.63, 3.8) is 0 Å². The zero-order valence-electron chi connectivity index (χ0n) is 12.0. The molecule has 118 valence electrons. The average molecular weight is 300 g/mol. The van der Waals surface area contributed by atoms with Crippen LogP contribution in [0.15, 0.2) is 12.1 Å². The second kappa shape index (κ2) is 8.18. The van der Waals surface area contributed by atoms with Crippen molar-refractivity contribution in [2.75, 3.05) is 45.8 Å². The van der Waals surface area contributed by atoms with Gasteiger partial charge in [-0.05, 0) is 0 Å². The Kier molecular flexibility index (Phi) is 6.57. The van der Waals surface area contributed by atoms with Gasteiger partial charge >= 0.3 is 6.03 Å². The Hall–Kier alpha value is -2.19. The Bertz CT molecular complexity index is 449. The van der Waals surface area contributed by atoms with E-state index in [9.17, 15) is 20.1 Å². The highest BCUT2D eigenvalue weighted by molar-refractivity contribution is 5.90. The fourth-order valence-electron chi connectivity index (χ4n) is 1.60. The van der Waals surface area contributed by atoms with Crippen LogP contribution in [0.25, 0.3) is 0 Å². The van der Waals surface area contributed by atoms with E-state index in [2.05, 4.69) is 5.32 Å². The van der Waals surface area contributed by atoms with Gasteiger partial charge in [-0.1, -0.05) is 0 Å². The number of anilines is 1. The van der Waals surface area contributed by atoms with E-state index in [1.54, 1.807) is 0 Å². The van der Waals surface area contributed by atoms with E-state index in [0.29, 0.717) is 26.3 Å². The van der Waals surface area contributed by atoms with Gasteiger partial charge in [0.1, 0.15) is 0 Å². The van der Waals surface area contributed by atoms with Gasteiger partial charge in [0.05, 0.1) is 18.9 Å². The van der Waals surface area contributed by atoms with Crippen molar-refractivity contribution < 1.29 is 29.6 Å². The molecule has 8 nitrogen and oxygen atoms in total. The zero-order valence-corrected chi connectivity index (χ0v) is 12.0. The molecule has 0 saturated heterocycles. The largest absolute Gasteiger partial charge is 0.504 e. The third kappa shape index (κ3) is 5.01. The number of hydrogen-bond donors (Lipinski definition) is 4. The first-order chi connectivity index (χ1) is 9.99. The van der Waals surface area contributed by atoms with Crippen molar-refractivity contribution >= 4 is 11.7 Å². The molecule has 1 aromatic rings. The standard InChI is InChI=1S/C13H20N2O6/c1-20-5-3-15(4-6-21-2)13(19)14-9-7-10(16)12(18)11(17)8-9/h7-8,16-18H,3-6H2,1-2H3,(H,14,19). The normalized spacial score (nSPS) is 10.4.